The molecule has 4 nitrogen and oxygen atoms in total. The normalized spacial score (nSPS) is 20.4. The summed E-state index contributed by atoms with van der Waals surface area (Å²) in [5.41, 5.74) is -1.51. The molecule has 0 unspecified atom stereocenters. The van der Waals surface area contributed by atoms with Crippen LogP contribution in [0.1, 0.15) is 5.56 Å². The molecule has 1 fully saturated rings. The Morgan fingerprint density at radius 1 is 1.25 bits per heavy atom. The molecule has 16 heavy (non-hydrogen) atoms. The van der Waals surface area contributed by atoms with Crippen molar-refractivity contribution in [1.82, 2.24) is 4.31 Å². The lowest BCUT2D eigenvalue weighted by molar-refractivity contribution is 0.0179. The van der Waals surface area contributed by atoms with Gasteiger partial charge < -0.3 is 0 Å². The molecular weight excluding hydrogens is 238 g/mol. The number of hydrogen-bond acceptors (Lipinski definition) is 2. The summed E-state index contributed by atoms with van der Waals surface area (Å²) in [7, 11) is -3.83. The van der Waals surface area contributed by atoms with Crippen LogP contribution in [0.2, 0.25) is 0 Å². The van der Waals surface area contributed by atoms with Crippen LogP contribution in [0.4, 0.5) is 8.78 Å². The molecule has 1 saturated heterocycles. The van der Waals surface area contributed by atoms with E-state index in [4.69, 9.17) is 5.14 Å². The number of alkyl halides is 1. The molecule has 0 amide bonds. The van der Waals surface area contributed by atoms with Crippen molar-refractivity contribution in [2.24, 2.45) is 5.14 Å². The Bertz CT molecular complexity index is 495. The topological polar surface area (TPSA) is 63.4 Å². The van der Waals surface area contributed by atoms with Crippen LogP contribution in [0.3, 0.4) is 0 Å². The highest BCUT2D eigenvalue weighted by Crippen LogP contribution is 2.36. The zero-order chi connectivity index (χ0) is 12.0. The van der Waals surface area contributed by atoms with Crippen LogP contribution >= 0.6 is 0 Å². The molecule has 0 saturated carbocycles. The minimum absolute atomic E-state index is 0.258. The van der Waals surface area contributed by atoms with E-state index in [0.29, 0.717) is 0 Å². The molecule has 0 aromatic heterocycles. The molecule has 1 aliphatic heterocycles. The van der Waals surface area contributed by atoms with Crippen molar-refractivity contribution in [1.29, 1.82) is 0 Å². The lowest BCUT2D eigenvalue weighted by Crippen LogP contribution is -2.60. The summed E-state index contributed by atoms with van der Waals surface area (Å²) in [6, 6.07) is 4.87. The zero-order valence-electron chi connectivity index (χ0n) is 8.23. The van der Waals surface area contributed by atoms with Gasteiger partial charge in [0.15, 0.2) is 5.67 Å². The van der Waals surface area contributed by atoms with Gasteiger partial charge in [-0.1, -0.05) is 12.1 Å². The van der Waals surface area contributed by atoms with Gasteiger partial charge in [0.1, 0.15) is 5.82 Å². The van der Waals surface area contributed by atoms with Crippen LogP contribution in [0.25, 0.3) is 0 Å². The van der Waals surface area contributed by atoms with Crippen molar-refractivity contribution in [3.63, 3.8) is 0 Å². The number of nitrogens with two attached hydrogens (primary N) is 1. The number of hydrogen-bond donors (Lipinski definition) is 1. The van der Waals surface area contributed by atoms with E-state index < -0.39 is 21.7 Å². The van der Waals surface area contributed by atoms with E-state index >= 15 is 0 Å². The molecule has 0 atom stereocenters. The van der Waals surface area contributed by atoms with Crippen LogP contribution in [-0.2, 0) is 15.9 Å². The highest BCUT2D eigenvalue weighted by Gasteiger charge is 2.49. The Morgan fingerprint density at radius 3 is 2.19 bits per heavy atom. The maximum absolute atomic E-state index is 14.1. The van der Waals surface area contributed by atoms with E-state index in [2.05, 4.69) is 0 Å². The minimum atomic E-state index is -3.83. The van der Waals surface area contributed by atoms with Gasteiger partial charge in [-0.25, -0.2) is 13.9 Å². The van der Waals surface area contributed by atoms with Crippen LogP contribution < -0.4 is 5.14 Å². The van der Waals surface area contributed by atoms with Gasteiger partial charge in [-0.15, -0.1) is 0 Å². The fourth-order valence-corrected chi connectivity index (χ4v) is 2.39. The largest absolute Gasteiger partial charge is 0.277 e. The molecule has 0 aliphatic carbocycles. The predicted molar refractivity (Wildman–Crippen MR) is 53.9 cm³/mol. The Morgan fingerprint density at radius 2 is 1.75 bits per heavy atom. The fraction of sp³-hybridized carbons (Fsp3) is 0.333. The van der Waals surface area contributed by atoms with E-state index in [1.807, 2.05) is 0 Å². The lowest BCUT2D eigenvalue weighted by Gasteiger charge is -2.42. The molecule has 1 aromatic carbocycles. The van der Waals surface area contributed by atoms with Gasteiger partial charge in [0.25, 0.3) is 10.2 Å². The van der Waals surface area contributed by atoms with E-state index in [0.717, 1.165) is 16.4 Å². The smallest absolute Gasteiger partial charge is 0.236 e. The molecule has 0 radical (unpaired) electrons. The van der Waals surface area contributed by atoms with Gasteiger partial charge in [0, 0.05) is 0 Å². The molecule has 1 aliphatic rings. The summed E-state index contributed by atoms with van der Waals surface area (Å²) >= 11 is 0. The van der Waals surface area contributed by atoms with Gasteiger partial charge in [-0.3, -0.25) is 0 Å². The maximum Gasteiger partial charge on any atom is 0.277 e. The molecule has 88 valence electrons. The summed E-state index contributed by atoms with van der Waals surface area (Å²) in [6.07, 6.45) is 0. The standard InChI is InChI=1S/C9H10F2N2O2S/c10-8-3-1-7(2-4-8)9(11)5-13(6-9)16(12,14)15/h1-4H,5-6H2,(H2,12,14,15). The molecule has 1 aromatic rings. The van der Waals surface area contributed by atoms with E-state index in [-0.39, 0.29) is 18.7 Å². The van der Waals surface area contributed by atoms with Crippen LogP contribution in [0, 0.1) is 5.82 Å². The molecule has 2 N–H and O–H groups in total. The number of benzene rings is 1. The third kappa shape index (κ3) is 1.93. The second-order valence-electron chi connectivity index (χ2n) is 3.79. The van der Waals surface area contributed by atoms with Gasteiger partial charge in [0.2, 0.25) is 0 Å². The number of halogens is 2. The number of rotatable bonds is 2. The lowest BCUT2D eigenvalue weighted by atomic mass is 9.90. The Balaban J connectivity index is 2.16. The van der Waals surface area contributed by atoms with Gasteiger partial charge in [-0.05, 0) is 17.7 Å². The predicted octanol–water partition coefficient (Wildman–Crippen LogP) is 0.510. The maximum atomic E-state index is 14.1. The molecular formula is C9H10F2N2O2S. The first kappa shape index (κ1) is 11.4. The first-order valence-corrected chi connectivity index (χ1v) is 6.04. The average Bonchev–Trinajstić information content (AvgIpc) is 2.12. The first-order chi connectivity index (χ1) is 7.31. The number of nitrogens with zero attached hydrogens (tertiary/aromatic N) is 1. The third-order valence-electron chi connectivity index (χ3n) is 2.58. The monoisotopic (exact) mass is 248 g/mol. The van der Waals surface area contributed by atoms with Crippen molar-refractivity contribution in [2.45, 2.75) is 5.67 Å². The van der Waals surface area contributed by atoms with Crippen molar-refractivity contribution in [3.8, 4) is 0 Å². The summed E-state index contributed by atoms with van der Waals surface area (Å²) < 4.78 is 49.2. The van der Waals surface area contributed by atoms with Crippen LogP contribution in [-0.4, -0.2) is 25.8 Å². The van der Waals surface area contributed by atoms with Crippen molar-refractivity contribution in [2.75, 3.05) is 13.1 Å². The van der Waals surface area contributed by atoms with Crippen LogP contribution in [0.5, 0.6) is 0 Å². The van der Waals surface area contributed by atoms with Crippen molar-refractivity contribution >= 4 is 10.2 Å². The molecule has 7 heteroatoms. The van der Waals surface area contributed by atoms with Crippen molar-refractivity contribution in [3.05, 3.63) is 35.6 Å². The quantitative estimate of drug-likeness (QED) is 0.828. The highest BCUT2D eigenvalue weighted by molar-refractivity contribution is 7.86. The minimum Gasteiger partial charge on any atom is -0.236 e. The Labute approximate surface area is 91.8 Å². The summed E-state index contributed by atoms with van der Waals surface area (Å²) in [6.45, 7) is -0.644. The van der Waals surface area contributed by atoms with Crippen LogP contribution in [0.15, 0.2) is 24.3 Å². The molecule has 2 rings (SSSR count). The van der Waals surface area contributed by atoms with Gasteiger partial charge in [0.05, 0.1) is 13.1 Å². The van der Waals surface area contributed by atoms with Crippen molar-refractivity contribution < 1.29 is 17.2 Å². The summed E-state index contributed by atoms with van der Waals surface area (Å²) in [5, 5.41) is 4.84. The average molecular weight is 248 g/mol. The summed E-state index contributed by atoms with van der Waals surface area (Å²) in [4.78, 5) is 0. The fourth-order valence-electron chi connectivity index (χ4n) is 1.62. The molecule has 0 bridgehead atoms. The Kier molecular flexibility index (Phi) is 2.48. The summed E-state index contributed by atoms with van der Waals surface area (Å²) in [5.74, 6) is -0.463. The van der Waals surface area contributed by atoms with E-state index in [1.165, 1.54) is 12.1 Å². The SMILES string of the molecule is NS(=O)(=O)N1CC(F)(c2ccc(F)cc2)C1. The Hall–Kier alpha value is -1.05. The van der Waals surface area contributed by atoms with E-state index in [1.54, 1.807) is 0 Å². The highest BCUT2D eigenvalue weighted by atomic mass is 32.2. The second-order valence-corrected chi connectivity index (χ2v) is 5.33. The molecule has 1 heterocycles. The zero-order valence-corrected chi connectivity index (χ0v) is 9.05. The van der Waals surface area contributed by atoms with Gasteiger partial charge in [-0.2, -0.15) is 12.7 Å². The first-order valence-electron chi connectivity index (χ1n) is 4.54. The van der Waals surface area contributed by atoms with E-state index in [9.17, 15) is 17.2 Å². The van der Waals surface area contributed by atoms with Gasteiger partial charge >= 0.3 is 0 Å². The second kappa shape index (κ2) is 3.47. The molecule has 0 spiro atoms. The third-order valence-corrected chi connectivity index (χ3v) is 3.55.